The third-order valence-electron chi connectivity index (χ3n) is 10.3. The summed E-state index contributed by atoms with van der Waals surface area (Å²) >= 11 is 0. The van der Waals surface area contributed by atoms with Gasteiger partial charge in [-0.2, -0.15) is 0 Å². The molecular weight excluding hydrogens is 616 g/mol. The Morgan fingerprint density at radius 3 is 0.854 bits per heavy atom. The molecule has 0 aliphatic carbocycles. The molecule has 4 heterocycles. The molecule has 0 amide bonds. The number of aliphatic hydroxyl groups excluding tert-OH is 4. The lowest BCUT2D eigenvalue weighted by molar-refractivity contribution is -0.156. The number of aliphatic hydroxyl groups is 4. The standard InChI is InChI=1S/C36H70N4O8/c41-31(21-37-13-5-1-6-14-37)25-45-29-35(47-27-33(43)23-39-17-9-3-10-18-39)36(48-28-34(44)24-40-19-11-4-12-20-40)30-46-26-32(42)22-38-15-7-2-8-16-38/h31-36,41-44H,1-30H2. The second-order valence-electron chi connectivity index (χ2n) is 14.9. The van der Waals surface area contributed by atoms with E-state index in [1.54, 1.807) is 0 Å². The molecule has 4 rings (SSSR count). The van der Waals surface area contributed by atoms with Crippen LogP contribution in [0.1, 0.15) is 77.0 Å². The highest BCUT2D eigenvalue weighted by molar-refractivity contribution is 4.77. The van der Waals surface area contributed by atoms with Crippen molar-refractivity contribution >= 4 is 0 Å². The molecule has 0 bridgehead atoms. The summed E-state index contributed by atoms with van der Waals surface area (Å²) in [7, 11) is 0. The maximum Gasteiger partial charge on any atom is 0.109 e. The topological polar surface area (TPSA) is 131 Å². The summed E-state index contributed by atoms with van der Waals surface area (Å²) in [5, 5.41) is 43.3. The van der Waals surface area contributed by atoms with E-state index in [1.807, 2.05) is 0 Å². The molecule has 282 valence electrons. The van der Waals surface area contributed by atoms with E-state index in [9.17, 15) is 20.4 Å². The molecule has 48 heavy (non-hydrogen) atoms. The van der Waals surface area contributed by atoms with Gasteiger partial charge in [0.15, 0.2) is 0 Å². The summed E-state index contributed by atoms with van der Waals surface area (Å²) in [4.78, 5) is 9.16. The third-order valence-corrected chi connectivity index (χ3v) is 10.3. The minimum absolute atomic E-state index is 0.120. The van der Waals surface area contributed by atoms with Gasteiger partial charge in [0.2, 0.25) is 0 Å². The maximum atomic E-state index is 10.9. The summed E-state index contributed by atoms with van der Waals surface area (Å²) in [6.07, 6.45) is 10.5. The second-order valence-corrected chi connectivity index (χ2v) is 14.9. The van der Waals surface area contributed by atoms with Gasteiger partial charge in [0.25, 0.3) is 0 Å². The molecule has 0 spiro atoms. The van der Waals surface area contributed by atoms with Gasteiger partial charge in [-0.05, 0) is 104 Å². The van der Waals surface area contributed by atoms with E-state index < -0.39 is 36.6 Å². The van der Waals surface area contributed by atoms with E-state index in [0.717, 1.165) is 78.0 Å². The van der Waals surface area contributed by atoms with Crippen LogP contribution < -0.4 is 0 Å². The summed E-state index contributed by atoms with van der Waals surface area (Å²) in [5.41, 5.74) is 0. The molecule has 0 radical (unpaired) electrons. The Hall–Kier alpha value is -0.480. The van der Waals surface area contributed by atoms with Gasteiger partial charge in [-0.25, -0.2) is 0 Å². The van der Waals surface area contributed by atoms with Crippen LogP contribution >= 0.6 is 0 Å². The van der Waals surface area contributed by atoms with Gasteiger partial charge in [-0.3, -0.25) is 0 Å². The molecule has 4 N–H and O–H groups in total. The van der Waals surface area contributed by atoms with Crippen LogP contribution in [-0.2, 0) is 18.9 Å². The highest BCUT2D eigenvalue weighted by atomic mass is 16.6. The average molecular weight is 687 g/mol. The lowest BCUT2D eigenvalue weighted by atomic mass is 10.1. The lowest BCUT2D eigenvalue weighted by Gasteiger charge is -2.33. The van der Waals surface area contributed by atoms with Crippen molar-refractivity contribution in [2.75, 3.05) is 118 Å². The van der Waals surface area contributed by atoms with Crippen molar-refractivity contribution in [3.8, 4) is 0 Å². The Balaban J connectivity index is 1.33. The number of piperidine rings is 4. The van der Waals surface area contributed by atoms with Crippen LogP contribution in [0.4, 0.5) is 0 Å². The van der Waals surface area contributed by atoms with E-state index in [0.29, 0.717) is 26.2 Å². The number of likely N-dealkylation sites (tertiary alicyclic amines) is 4. The Bertz CT molecular complexity index is 730. The Morgan fingerprint density at radius 1 is 0.333 bits per heavy atom. The molecule has 4 aliphatic rings. The number of hydrogen-bond acceptors (Lipinski definition) is 12. The zero-order valence-corrected chi connectivity index (χ0v) is 29.9. The van der Waals surface area contributed by atoms with E-state index in [2.05, 4.69) is 19.6 Å². The molecule has 6 unspecified atom stereocenters. The van der Waals surface area contributed by atoms with E-state index in [1.165, 1.54) is 51.4 Å². The molecular formula is C36H70N4O8. The first-order valence-electron chi connectivity index (χ1n) is 19.4. The minimum atomic E-state index is -0.659. The fraction of sp³-hybridized carbons (Fsp3) is 1.00. The zero-order chi connectivity index (χ0) is 33.8. The van der Waals surface area contributed by atoms with Crippen molar-refractivity contribution in [3.05, 3.63) is 0 Å². The van der Waals surface area contributed by atoms with Crippen molar-refractivity contribution in [2.24, 2.45) is 0 Å². The van der Waals surface area contributed by atoms with E-state index >= 15 is 0 Å². The van der Waals surface area contributed by atoms with Crippen LogP contribution in [0.15, 0.2) is 0 Å². The molecule has 4 fully saturated rings. The van der Waals surface area contributed by atoms with E-state index in [-0.39, 0.29) is 39.6 Å². The molecule has 6 atom stereocenters. The normalized spacial score (nSPS) is 25.0. The van der Waals surface area contributed by atoms with Crippen LogP contribution in [-0.4, -0.2) is 195 Å². The van der Waals surface area contributed by atoms with Gasteiger partial charge >= 0.3 is 0 Å². The number of β-amino-alcohol motifs (C(OH)–C–C–N with tert-alkyl or cyclic N) is 4. The van der Waals surface area contributed by atoms with Crippen LogP contribution in [0.5, 0.6) is 0 Å². The van der Waals surface area contributed by atoms with Crippen molar-refractivity contribution in [1.29, 1.82) is 0 Å². The molecule has 12 heteroatoms. The maximum absolute atomic E-state index is 10.9. The van der Waals surface area contributed by atoms with Crippen LogP contribution in [0.25, 0.3) is 0 Å². The molecule has 0 aromatic carbocycles. The number of hydrogen-bond donors (Lipinski definition) is 4. The summed E-state index contributed by atoms with van der Waals surface area (Å²) < 4.78 is 24.8. The molecule has 4 saturated heterocycles. The van der Waals surface area contributed by atoms with Gasteiger partial charge in [0.05, 0.1) is 64.1 Å². The fourth-order valence-electron chi connectivity index (χ4n) is 7.61. The van der Waals surface area contributed by atoms with Crippen LogP contribution in [0.2, 0.25) is 0 Å². The molecule has 0 saturated carbocycles. The molecule has 0 aromatic rings. The predicted octanol–water partition coefficient (Wildman–Crippen LogP) is 1.18. The van der Waals surface area contributed by atoms with Gasteiger partial charge in [-0.15, -0.1) is 0 Å². The first kappa shape index (κ1) is 40.3. The first-order chi connectivity index (χ1) is 23.4. The molecule has 4 aliphatic heterocycles. The highest BCUT2D eigenvalue weighted by Crippen LogP contribution is 2.15. The molecule has 12 nitrogen and oxygen atoms in total. The number of nitrogens with zero attached hydrogens (tertiary/aromatic N) is 4. The van der Waals surface area contributed by atoms with Crippen molar-refractivity contribution in [1.82, 2.24) is 19.6 Å². The second kappa shape index (κ2) is 23.9. The fourth-order valence-corrected chi connectivity index (χ4v) is 7.61. The Morgan fingerprint density at radius 2 is 0.583 bits per heavy atom. The Labute approximate surface area is 290 Å². The lowest BCUT2D eigenvalue weighted by Crippen LogP contribution is -2.46. The van der Waals surface area contributed by atoms with Crippen molar-refractivity contribution in [3.63, 3.8) is 0 Å². The van der Waals surface area contributed by atoms with Gasteiger partial charge in [-0.1, -0.05) is 25.7 Å². The monoisotopic (exact) mass is 687 g/mol. The van der Waals surface area contributed by atoms with Crippen molar-refractivity contribution in [2.45, 2.75) is 114 Å². The quantitative estimate of drug-likeness (QED) is 0.123. The Kier molecular flexibility index (Phi) is 20.1. The number of ether oxygens (including phenoxy) is 4. The number of rotatable bonds is 23. The highest BCUT2D eigenvalue weighted by Gasteiger charge is 2.28. The van der Waals surface area contributed by atoms with Gasteiger partial charge < -0.3 is 59.0 Å². The summed E-state index contributed by atoms with van der Waals surface area (Å²) in [6, 6.07) is 0. The van der Waals surface area contributed by atoms with Crippen LogP contribution in [0.3, 0.4) is 0 Å². The summed E-state index contributed by atoms with van der Waals surface area (Å²) in [5.74, 6) is 0. The largest absolute Gasteiger partial charge is 0.389 e. The van der Waals surface area contributed by atoms with Gasteiger partial charge in [0, 0.05) is 26.2 Å². The third kappa shape index (κ3) is 16.7. The zero-order valence-electron chi connectivity index (χ0n) is 29.9. The van der Waals surface area contributed by atoms with Crippen LogP contribution in [0, 0.1) is 0 Å². The van der Waals surface area contributed by atoms with Gasteiger partial charge in [0.1, 0.15) is 12.2 Å². The first-order valence-corrected chi connectivity index (χ1v) is 19.4. The predicted molar refractivity (Wildman–Crippen MR) is 186 cm³/mol. The smallest absolute Gasteiger partial charge is 0.109 e. The SMILES string of the molecule is OC(COCC(OCC(O)CN1CCCCC1)C(COCC(O)CN1CCCCC1)OCC(O)CN1CCCCC1)CN1CCCCC1. The minimum Gasteiger partial charge on any atom is -0.389 e. The van der Waals surface area contributed by atoms with Crippen molar-refractivity contribution < 1.29 is 39.4 Å². The summed E-state index contributed by atoms with van der Waals surface area (Å²) in [6.45, 7) is 11.2. The molecule has 0 aromatic heterocycles. The average Bonchev–Trinajstić information content (AvgIpc) is 3.09. The van der Waals surface area contributed by atoms with E-state index in [4.69, 9.17) is 18.9 Å².